The summed E-state index contributed by atoms with van der Waals surface area (Å²) in [4.78, 5) is 10.3. The highest BCUT2D eigenvalue weighted by Crippen LogP contribution is 2.01. The lowest BCUT2D eigenvalue weighted by Crippen LogP contribution is -1.99. The number of aliphatic carboxylic acids is 1. The Kier molecular flexibility index (Phi) is 14.7. The summed E-state index contributed by atoms with van der Waals surface area (Å²) >= 11 is 0. The largest absolute Gasteiger partial charge is 0.481 e. The Morgan fingerprint density at radius 3 is 1.92 bits per heavy atom. The maximum atomic E-state index is 10.3. The van der Waals surface area contributed by atoms with Gasteiger partial charge in [-0.3, -0.25) is 4.79 Å². The number of aliphatic hydroxyl groups is 2. The molecule has 0 unspecified atom stereocenters. The van der Waals surface area contributed by atoms with Gasteiger partial charge in [0.1, 0.15) is 0 Å². The number of carboxylic acid groups (broad SMARTS) is 1. The van der Waals surface area contributed by atoms with Crippen LogP contribution in [-0.2, 0) is 4.79 Å². The van der Waals surface area contributed by atoms with E-state index in [1.54, 1.807) is 36.5 Å². The van der Waals surface area contributed by atoms with E-state index in [2.05, 4.69) is 6.92 Å². The van der Waals surface area contributed by atoms with Crippen molar-refractivity contribution in [3.8, 4) is 0 Å². The highest BCUT2D eigenvalue weighted by Gasteiger charge is 1.95. The predicted octanol–water partition coefficient (Wildman–Crippen LogP) is 3.93. The van der Waals surface area contributed by atoms with E-state index in [-0.39, 0.29) is 6.42 Å². The molecule has 24 heavy (non-hydrogen) atoms. The molecule has 0 bridgehead atoms. The fraction of sp³-hybridized carbons (Fsp3) is 0.450. The molecule has 0 aromatic rings. The van der Waals surface area contributed by atoms with E-state index in [1.165, 1.54) is 0 Å². The van der Waals surface area contributed by atoms with Crippen molar-refractivity contribution in [3.63, 3.8) is 0 Å². The fourth-order valence-electron chi connectivity index (χ4n) is 1.80. The van der Waals surface area contributed by atoms with E-state index < -0.39 is 18.2 Å². The number of hydrogen-bond acceptors (Lipinski definition) is 3. The van der Waals surface area contributed by atoms with E-state index in [1.807, 2.05) is 24.3 Å². The quantitative estimate of drug-likeness (QED) is 0.271. The highest BCUT2D eigenvalue weighted by atomic mass is 16.4. The van der Waals surface area contributed by atoms with Crippen LogP contribution < -0.4 is 0 Å². The predicted molar refractivity (Wildman–Crippen MR) is 98.7 cm³/mol. The first-order valence-electron chi connectivity index (χ1n) is 8.45. The number of carboxylic acids is 1. The van der Waals surface area contributed by atoms with Crippen LogP contribution in [0.1, 0.15) is 45.4 Å². The van der Waals surface area contributed by atoms with Crippen molar-refractivity contribution in [1.29, 1.82) is 0 Å². The van der Waals surface area contributed by atoms with E-state index in [0.717, 1.165) is 6.42 Å². The van der Waals surface area contributed by atoms with Gasteiger partial charge in [-0.25, -0.2) is 0 Å². The lowest BCUT2D eigenvalue weighted by molar-refractivity contribution is -0.137. The molecule has 3 N–H and O–H groups in total. The Morgan fingerprint density at radius 1 is 0.875 bits per heavy atom. The molecule has 0 spiro atoms. The highest BCUT2D eigenvalue weighted by molar-refractivity contribution is 5.66. The van der Waals surface area contributed by atoms with Crippen LogP contribution in [0.4, 0.5) is 0 Å². The van der Waals surface area contributed by atoms with Gasteiger partial charge in [0.25, 0.3) is 0 Å². The number of allylic oxidation sites excluding steroid dienone is 6. The van der Waals surface area contributed by atoms with E-state index in [0.29, 0.717) is 25.7 Å². The van der Waals surface area contributed by atoms with Crippen molar-refractivity contribution >= 4 is 5.97 Å². The second-order valence-electron chi connectivity index (χ2n) is 5.40. The van der Waals surface area contributed by atoms with Gasteiger partial charge >= 0.3 is 5.97 Å². The summed E-state index contributed by atoms with van der Waals surface area (Å²) in [6.45, 7) is 2.05. The molecule has 0 aromatic heterocycles. The minimum absolute atomic E-state index is 0.175. The zero-order valence-corrected chi connectivity index (χ0v) is 14.4. The van der Waals surface area contributed by atoms with Gasteiger partial charge in [-0.1, -0.05) is 67.7 Å². The van der Waals surface area contributed by atoms with Gasteiger partial charge in [0.05, 0.1) is 12.2 Å². The minimum Gasteiger partial charge on any atom is -0.481 e. The molecule has 0 rings (SSSR count). The van der Waals surface area contributed by atoms with Crippen molar-refractivity contribution < 1.29 is 20.1 Å². The van der Waals surface area contributed by atoms with Crippen molar-refractivity contribution in [2.45, 2.75) is 57.7 Å². The summed E-state index contributed by atoms with van der Waals surface area (Å²) in [5.74, 6) is -0.780. The van der Waals surface area contributed by atoms with Crippen LogP contribution >= 0.6 is 0 Å². The van der Waals surface area contributed by atoms with Gasteiger partial charge in [-0.2, -0.15) is 0 Å². The van der Waals surface area contributed by atoms with Crippen LogP contribution in [0.15, 0.2) is 60.8 Å². The maximum absolute atomic E-state index is 10.3. The zero-order chi connectivity index (χ0) is 18.0. The van der Waals surface area contributed by atoms with E-state index in [4.69, 9.17) is 5.11 Å². The van der Waals surface area contributed by atoms with Crippen LogP contribution in [0.3, 0.4) is 0 Å². The van der Waals surface area contributed by atoms with Gasteiger partial charge in [-0.05, 0) is 32.1 Å². The molecule has 2 atom stereocenters. The summed E-state index contributed by atoms with van der Waals surface area (Å²) in [7, 11) is 0. The maximum Gasteiger partial charge on any atom is 0.303 e. The molecule has 4 nitrogen and oxygen atoms in total. The van der Waals surface area contributed by atoms with E-state index in [9.17, 15) is 15.0 Å². The first-order chi connectivity index (χ1) is 11.6. The second kappa shape index (κ2) is 16.0. The third-order valence-electron chi connectivity index (χ3n) is 3.09. The molecule has 0 fully saturated rings. The molecule has 0 aliphatic heterocycles. The number of carbonyl (C=O) groups is 1. The lowest BCUT2D eigenvalue weighted by atomic mass is 10.2. The zero-order valence-electron chi connectivity index (χ0n) is 14.4. The van der Waals surface area contributed by atoms with Gasteiger partial charge in [0.2, 0.25) is 0 Å². The first-order valence-corrected chi connectivity index (χ1v) is 8.45. The van der Waals surface area contributed by atoms with Gasteiger partial charge < -0.3 is 15.3 Å². The minimum atomic E-state index is -0.780. The Morgan fingerprint density at radius 2 is 1.42 bits per heavy atom. The van der Waals surface area contributed by atoms with Crippen LogP contribution in [0.25, 0.3) is 0 Å². The average Bonchev–Trinajstić information content (AvgIpc) is 2.54. The van der Waals surface area contributed by atoms with Crippen molar-refractivity contribution in [2.24, 2.45) is 0 Å². The van der Waals surface area contributed by atoms with Crippen LogP contribution in [0.2, 0.25) is 0 Å². The smallest absolute Gasteiger partial charge is 0.303 e. The normalized spacial score (nSPS) is 15.5. The van der Waals surface area contributed by atoms with Gasteiger partial charge in [0, 0.05) is 6.42 Å². The Bertz CT molecular complexity index is 458. The second-order valence-corrected chi connectivity index (χ2v) is 5.40. The molecule has 4 heteroatoms. The van der Waals surface area contributed by atoms with Crippen LogP contribution in [0.5, 0.6) is 0 Å². The molecule has 0 amide bonds. The summed E-state index contributed by atoms with van der Waals surface area (Å²) in [5, 5.41) is 27.9. The van der Waals surface area contributed by atoms with Gasteiger partial charge in [-0.15, -0.1) is 0 Å². The molecule has 0 aliphatic rings. The molecule has 0 heterocycles. The van der Waals surface area contributed by atoms with Crippen LogP contribution in [0, 0.1) is 0 Å². The Hall–Kier alpha value is -1.91. The van der Waals surface area contributed by atoms with E-state index >= 15 is 0 Å². The molecule has 0 aliphatic carbocycles. The van der Waals surface area contributed by atoms with Crippen molar-refractivity contribution in [2.75, 3.05) is 0 Å². The SMILES string of the molecule is CC/C=C\C[C@H](O)\C=C/C=C/C=C/[C@H](O)C/C=C\CCCC(=O)O. The van der Waals surface area contributed by atoms with Crippen LogP contribution in [-0.4, -0.2) is 33.5 Å². The fourth-order valence-corrected chi connectivity index (χ4v) is 1.80. The number of rotatable bonds is 13. The summed E-state index contributed by atoms with van der Waals surface area (Å²) in [5.41, 5.74) is 0. The molecule has 0 saturated carbocycles. The number of unbranched alkanes of at least 4 members (excludes halogenated alkanes) is 1. The van der Waals surface area contributed by atoms with Gasteiger partial charge in [0.15, 0.2) is 0 Å². The molecule has 0 aromatic carbocycles. The third kappa shape index (κ3) is 16.5. The molecule has 0 saturated heterocycles. The molecular weight excluding hydrogens is 304 g/mol. The summed E-state index contributed by atoms with van der Waals surface area (Å²) in [6, 6.07) is 0. The summed E-state index contributed by atoms with van der Waals surface area (Å²) < 4.78 is 0. The Balaban J connectivity index is 3.85. The standard InChI is InChI=1S/C20H30O4/c1-2-3-8-13-18(21)14-9-4-5-10-15-19(22)16-11-6-7-12-17-20(23)24/h3-6,8-11,14-15,18-19,21-22H,2,7,12-13,16-17H2,1H3,(H,23,24)/b5-4+,8-3-,11-6-,14-9-,15-10+/t18-,19-/m0/s1. The first kappa shape index (κ1) is 22.1. The summed E-state index contributed by atoms with van der Waals surface area (Å²) in [6.07, 6.45) is 20.9. The third-order valence-corrected chi connectivity index (χ3v) is 3.09. The van der Waals surface area contributed by atoms with Crippen molar-refractivity contribution in [3.05, 3.63) is 60.8 Å². The molecule has 0 radical (unpaired) electrons. The molecular formula is C20H30O4. The number of hydrogen-bond donors (Lipinski definition) is 3. The molecule has 134 valence electrons. The number of aliphatic hydroxyl groups excluding tert-OH is 2. The monoisotopic (exact) mass is 334 g/mol. The Labute approximate surface area is 145 Å². The van der Waals surface area contributed by atoms with Crippen molar-refractivity contribution in [1.82, 2.24) is 0 Å². The topological polar surface area (TPSA) is 77.8 Å². The lowest BCUT2D eigenvalue weighted by Gasteiger charge is -1.99. The average molecular weight is 334 g/mol.